The van der Waals surface area contributed by atoms with Crippen molar-refractivity contribution in [3.05, 3.63) is 12.7 Å². The second kappa shape index (κ2) is 5.42. The summed E-state index contributed by atoms with van der Waals surface area (Å²) >= 11 is 0. The minimum absolute atomic E-state index is 0.0903. The largest absolute Gasteiger partial charge is 0.480 e. The first kappa shape index (κ1) is 12.9. The number of likely N-dealkylation sites (tertiary alicyclic amines) is 1. The molecule has 1 saturated carbocycles. The van der Waals surface area contributed by atoms with Crippen molar-refractivity contribution in [3.63, 3.8) is 0 Å². The van der Waals surface area contributed by atoms with Gasteiger partial charge in [0, 0.05) is 6.54 Å². The summed E-state index contributed by atoms with van der Waals surface area (Å²) in [7, 11) is 0. The first-order valence-electron chi connectivity index (χ1n) is 6.42. The molecule has 0 aromatic rings. The second-order valence-electron chi connectivity index (χ2n) is 5.01. The van der Waals surface area contributed by atoms with E-state index in [4.69, 9.17) is 4.74 Å². The van der Waals surface area contributed by atoms with Crippen LogP contribution in [0.25, 0.3) is 0 Å². The number of carbonyl (C=O) groups is 2. The van der Waals surface area contributed by atoms with Gasteiger partial charge in [-0.1, -0.05) is 25.5 Å². The van der Waals surface area contributed by atoms with E-state index in [0.29, 0.717) is 12.5 Å². The zero-order valence-corrected chi connectivity index (χ0v) is 10.4. The minimum atomic E-state index is -0.917. The van der Waals surface area contributed by atoms with E-state index in [-0.39, 0.29) is 12.5 Å². The fourth-order valence-electron chi connectivity index (χ4n) is 3.19. The van der Waals surface area contributed by atoms with E-state index >= 15 is 0 Å². The Morgan fingerprint density at radius 1 is 1.39 bits per heavy atom. The average Bonchev–Trinajstić information content (AvgIpc) is 2.75. The molecular weight excluding hydrogens is 234 g/mol. The molecule has 5 heteroatoms. The molecule has 3 atom stereocenters. The summed E-state index contributed by atoms with van der Waals surface area (Å²) in [6.45, 7) is 4.11. The number of hydrogen-bond acceptors (Lipinski definition) is 3. The molecule has 0 aromatic heterocycles. The number of aliphatic carboxylic acids is 1. The molecule has 2 rings (SSSR count). The van der Waals surface area contributed by atoms with Gasteiger partial charge in [0.25, 0.3) is 0 Å². The van der Waals surface area contributed by atoms with E-state index in [1.54, 1.807) is 0 Å². The Balaban J connectivity index is 2.10. The van der Waals surface area contributed by atoms with Crippen LogP contribution in [0.2, 0.25) is 0 Å². The molecule has 5 nitrogen and oxygen atoms in total. The molecule has 0 spiro atoms. The van der Waals surface area contributed by atoms with Crippen molar-refractivity contribution in [1.29, 1.82) is 0 Å². The summed E-state index contributed by atoms with van der Waals surface area (Å²) in [4.78, 5) is 24.6. The number of amides is 1. The number of nitrogens with zero attached hydrogens (tertiary/aromatic N) is 1. The maximum atomic E-state index is 11.9. The zero-order valence-electron chi connectivity index (χ0n) is 10.4. The first-order valence-corrected chi connectivity index (χ1v) is 6.42. The quantitative estimate of drug-likeness (QED) is 0.780. The number of rotatable bonds is 3. The highest BCUT2D eigenvalue weighted by atomic mass is 16.6. The zero-order chi connectivity index (χ0) is 13.1. The summed E-state index contributed by atoms with van der Waals surface area (Å²) in [5.41, 5.74) is 0. The first-order chi connectivity index (χ1) is 8.65. The minimum Gasteiger partial charge on any atom is -0.480 e. The molecule has 0 bridgehead atoms. The highest BCUT2D eigenvalue weighted by Crippen LogP contribution is 2.40. The van der Waals surface area contributed by atoms with Gasteiger partial charge in [-0.3, -0.25) is 4.90 Å². The summed E-state index contributed by atoms with van der Waals surface area (Å²) < 4.78 is 4.97. The topological polar surface area (TPSA) is 66.8 Å². The fourth-order valence-corrected chi connectivity index (χ4v) is 3.19. The molecule has 1 N–H and O–H groups in total. The molecule has 0 aromatic carbocycles. The van der Waals surface area contributed by atoms with Gasteiger partial charge < -0.3 is 9.84 Å². The van der Waals surface area contributed by atoms with Crippen LogP contribution < -0.4 is 0 Å². The monoisotopic (exact) mass is 253 g/mol. The lowest BCUT2D eigenvalue weighted by atomic mass is 9.78. The Morgan fingerprint density at radius 2 is 2.11 bits per heavy atom. The van der Waals surface area contributed by atoms with Gasteiger partial charge in [-0.15, -0.1) is 0 Å². The van der Waals surface area contributed by atoms with E-state index in [9.17, 15) is 14.7 Å². The van der Waals surface area contributed by atoms with Gasteiger partial charge >= 0.3 is 12.1 Å². The van der Waals surface area contributed by atoms with Gasteiger partial charge in [-0.2, -0.15) is 0 Å². The van der Waals surface area contributed by atoms with Crippen LogP contribution in [0.1, 0.15) is 25.7 Å². The summed E-state index contributed by atoms with van der Waals surface area (Å²) in [5, 5.41) is 9.33. The van der Waals surface area contributed by atoms with Crippen molar-refractivity contribution in [2.24, 2.45) is 11.8 Å². The van der Waals surface area contributed by atoms with E-state index < -0.39 is 18.1 Å². The third-order valence-corrected chi connectivity index (χ3v) is 3.95. The van der Waals surface area contributed by atoms with Crippen LogP contribution in [-0.2, 0) is 9.53 Å². The van der Waals surface area contributed by atoms with Gasteiger partial charge in [0.15, 0.2) is 0 Å². The maximum absolute atomic E-state index is 11.9. The molecular formula is C13H19NO4. The number of carbonyl (C=O) groups excluding carboxylic acids is 1. The van der Waals surface area contributed by atoms with E-state index in [1.807, 2.05) is 0 Å². The highest BCUT2D eigenvalue weighted by Gasteiger charge is 2.48. The molecule has 1 unspecified atom stereocenters. The average molecular weight is 253 g/mol. The highest BCUT2D eigenvalue weighted by molar-refractivity contribution is 5.81. The lowest BCUT2D eigenvalue weighted by molar-refractivity contribution is -0.143. The van der Waals surface area contributed by atoms with Crippen molar-refractivity contribution in [3.8, 4) is 0 Å². The van der Waals surface area contributed by atoms with Crippen LogP contribution in [0.4, 0.5) is 4.79 Å². The second-order valence-corrected chi connectivity index (χ2v) is 5.01. The van der Waals surface area contributed by atoms with Crippen LogP contribution in [-0.4, -0.2) is 41.3 Å². The third-order valence-electron chi connectivity index (χ3n) is 3.95. The lowest BCUT2D eigenvalue weighted by Crippen LogP contribution is -2.43. The summed E-state index contributed by atoms with van der Waals surface area (Å²) in [6, 6.07) is -0.715. The van der Waals surface area contributed by atoms with Crippen molar-refractivity contribution in [2.45, 2.75) is 31.7 Å². The number of carboxylic acid groups (broad SMARTS) is 1. The van der Waals surface area contributed by atoms with E-state index in [0.717, 1.165) is 25.7 Å². The molecule has 1 amide bonds. The molecule has 18 heavy (non-hydrogen) atoms. The Bertz CT molecular complexity index is 355. The molecule has 1 aliphatic carbocycles. The van der Waals surface area contributed by atoms with Gasteiger partial charge in [0.2, 0.25) is 0 Å². The van der Waals surface area contributed by atoms with Crippen LogP contribution in [0.5, 0.6) is 0 Å². The van der Waals surface area contributed by atoms with Crippen LogP contribution >= 0.6 is 0 Å². The van der Waals surface area contributed by atoms with Crippen molar-refractivity contribution in [1.82, 2.24) is 4.90 Å². The number of hydrogen-bond donors (Lipinski definition) is 1. The SMILES string of the molecule is C=CCOC(=O)N1C[C@H]2CCCC[C@H]2C1C(=O)O. The van der Waals surface area contributed by atoms with E-state index in [2.05, 4.69) is 6.58 Å². The normalized spacial score (nSPS) is 30.7. The van der Waals surface area contributed by atoms with Gasteiger partial charge in [0.1, 0.15) is 12.6 Å². The number of fused-ring (bicyclic) bond motifs is 1. The molecule has 1 heterocycles. The van der Waals surface area contributed by atoms with Gasteiger partial charge in [-0.05, 0) is 24.7 Å². The predicted molar refractivity (Wildman–Crippen MR) is 65.1 cm³/mol. The van der Waals surface area contributed by atoms with Crippen molar-refractivity contribution in [2.75, 3.05) is 13.2 Å². The molecule has 2 aliphatic rings. The van der Waals surface area contributed by atoms with Crippen molar-refractivity contribution < 1.29 is 19.4 Å². The number of carboxylic acids is 1. The van der Waals surface area contributed by atoms with Crippen LogP contribution in [0.3, 0.4) is 0 Å². The number of ether oxygens (including phenoxy) is 1. The molecule has 0 radical (unpaired) electrons. The molecule has 1 saturated heterocycles. The Kier molecular flexibility index (Phi) is 3.89. The third kappa shape index (κ3) is 2.35. The van der Waals surface area contributed by atoms with Gasteiger partial charge in [-0.25, -0.2) is 9.59 Å². The van der Waals surface area contributed by atoms with Crippen LogP contribution in [0, 0.1) is 11.8 Å². The Hall–Kier alpha value is -1.52. The standard InChI is InChI=1S/C13H19NO4/c1-2-7-18-13(17)14-8-9-5-3-4-6-10(9)11(14)12(15)16/h2,9-11H,1,3-8H2,(H,15,16)/t9-,10-,11?/m1/s1. The Labute approximate surface area is 106 Å². The maximum Gasteiger partial charge on any atom is 0.410 e. The van der Waals surface area contributed by atoms with Gasteiger partial charge in [0.05, 0.1) is 0 Å². The predicted octanol–water partition coefficient (Wildman–Crippen LogP) is 1.88. The molecule has 2 fully saturated rings. The van der Waals surface area contributed by atoms with E-state index in [1.165, 1.54) is 11.0 Å². The lowest BCUT2D eigenvalue weighted by Gasteiger charge is -2.26. The molecule has 100 valence electrons. The van der Waals surface area contributed by atoms with Crippen molar-refractivity contribution >= 4 is 12.1 Å². The Morgan fingerprint density at radius 3 is 2.78 bits per heavy atom. The van der Waals surface area contributed by atoms with Crippen LogP contribution in [0.15, 0.2) is 12.7 Å². The fraction of sp³-hybridized carbons (Fsp3) is 0.692. The summed E-state index contributed by atoms with van der Waals surface area (Å²) in [6.07, 6.45) is 5.05. The summed E-state index contributed by atoms with van der Waals surface area (Å²) in [5.74, 6) is -0.511. The molecule has 1 aliphatic heterocycles. The smallest absolute Gasteiger partial charge is 0.410 e.